The lowest BCUT2D eigenvalue weighted by Gasteiger charge is -2.37. The third-order valence-corrected chi connectivity index (χ3v) is 3.98. The number of benzene rings is 2. The van der Waals surface area contributed by atoms with E-state index in [1.807, 2.05) is 36.4 Å². The molecule has 0 aromatic heterocycles. The number of carbonyl (C=O) groups excluding carboxylic acids is 2. The van der Waals surface area contributed by atoms with Crippen LogP contribution >= 0.6 is 11.6 Å². The van der Waals surface area contributed by atoms with E-state index in [1.165, 1.54) is 4.90 Å². The van der Waals surface area contributed by atoms with E-state index in [1.54, 1.807) is 12.1 Å². The third-order valence-electron chi connectivity index (χ3n) is 3.73. The van der Waals surface area contributed by atoms with Gasteiger partial charge in [-0.25, -0.2) is 10.6 Å². The minimum Gasteiger partial charge on any atom is -0.307 e. The lowest BCUT2D eigenvalue weighted by Crippen LogP contribution is -2.48. The Morgan fingerprint density at radius 1 is 1.22 bits per heavy atom. The van der Waals surface area contributed by atoms with Gasteiger partial charge in [-0.05, 0) is 23.8 Å². The number of hydrogen-bond donors (Lipinski definition) is 3. The predicted molar refractivity (Wildman–Crippen MR) is 87.8 cm³/mol. The molecule has 0 bridgehead atoms. The highest BCUT2D eigenvalue weighted by Crippen LogP contribution is 2.37. The van der Waals surface area contributed by atoms with Gasteiger partial charge in [-0.3, -0.25) is 10.2 Å². The summed E-state index contributed by atoms with van der Waals surface area (Å²) < 4.78 is 0. The number of nitrogens with two attached hydrogens (primary N) is 1. The van der Waals surface area contributed by atoms with Crippen molar-refractivity contribution in [2.45, 2.75) is 6.04 Å². The highest BCUT2D eigenvalue weighted by molar-refractivity contribution is 6.30. The van der Waals surface area contributed by atoms with Gasteiger partial charge in [-0.2, -0.15) is 0 Å². The summed E-state index contributed by atoms with van der Waals surface area (Å²) >= 11 is 5.95. The normalized spacial score (nSPS) is 16.5. The molecule has 1 aliphatic heterocycles. The Labute approximate surface area is 138 Å². The highest BCUT2D eigenvalue weighted by Gasteiger charge is 2.34. The molecule has 0 spiro atoms. The number of carbonyl (C=O) groups is 2. The Balaban J connectivity index is 2.09. The van der Waals surface area contributed by atoms with E-state index in [9.17, 15) is 9.59 Å². The number of urea groups is 1. The summed E-state index contributed by atoms with van der Waals surface area (Å²) in [6.07, 6.45) is 0. The molecule has 6 nitrogen and oxygen atoms in total. The number of hydrazine groups is 1. The largest absolute Gasteiger partial charge is 0.323 e. The molecular weight excluding hydrogens is 316 g/mol. The number of halogens is 1. The summed E-state index contributed by atoms with van der Waals surface area (Å²) in [5.74, 6) is 4.71. The fourth-order valence-electron chi connectivity index (χ4n) is 2.69. The summed E-state index contributed by atoms with van der Waals surface area (Å²) in [6, 6.07) is 13.9. The maximum absolute atomic E-state index is 12.4. The van der Waals surface area contributed by atoms with Crippen LogP contribution in [-0.4, -0.2) is 23.4 Å². The molecule has 2 aromatic rings. The number of amides is 3. The number of hydrogen-bond acceptors (Lipinski definition) is 3. The first-order chi connectivity index (χ1) is 11.1. The molecule has 3 amide bonds. The molecule has 0 fully saturated rings. The van der Waals surface area contributed by atoms with Crippen LogP contribution in [0, 0.1) is 0 Å². The van der Waals surface area contributed by atoms with Crippen molar-refractivity contribution in [3.63, 3.8) is 0 Å². The van der Waals surface area contributed by atoms with Gasteiger partial charge in [0.05, 0.1) is 6.04 Å². The molecule has 1 atom stereocenters. The smallest absolute Gasteiger partial charge is 0.307 e. The fourth-order valence-corrected chi connectivity index (χ4v) is 2.82. The van der Waals surface area contributed by atoms with Gasteiger partial charge in [0.2, 0.25) is 0 Å². The molecule has 23 heavy (non-hydrogen) atoms. The first kappa shape index (κ1) is 15.3. The minimum absolute atomic E-state index is 0.149. The lowest BCUT2D eigenvalue weighted by molar-refractivity contribution is -0.122. The lowest BCUT2D eigenvalue weighted by atomic mass is 9.94. The summed E-state index contributed by atoms with van der Waals surface area (Å²) in [4.78, 5) is 25.6. The van der Waals surface area contributed by atoms with Crippen molar-refractivity contribution in [1.29, 1.82) is 0 Å². The van der Waals surface area contributed by atoms with E-state index >= 15 is 0 Å². The molecule has 0 unspecified atom stereocenters. The second kappa shape index (κ2) is 6.28. The first-order valence-corrected chi connectivity index (χ1v) is 7.39. The van der Waals surface area contributed by atoms with Gasteiger partial charge in [0.25, 0.3) is 5.91 Å². The van der Waals surface area contributed by atoms with Gasteiger partial charge in [0.1, 0.15) is 6.54 Å². The van der Waals surface area contributed by atoms with Crippen LogP contribution in [-0.2, 0) is 4.79 Å². The van der Waals surface area contributed by atoms with Crippen molar-refractivity contribution in [2.75, 3.05) is 11.9 Å². The molecule has 118 valence electrons. The maximum Gasteiger partial charge on any atom is 0.323 e. The Morgan fingerprint density at radius 3 is 2.61 bits per heavy atom. The van der Waals surface area contributed by atoms with Crippen LogP contribution in [0.2, 0.25) is 5.02 Å². The summed E-state index contributed by atoms with van der Waals surface area (Å²) in [6.45, 7) is -0.149. The zero-order valence-corrected chi connectivity index (χ0v) is 12.9. The van der Waals surface area contributed by atoms with E-state index in [-0.39, 0.29) is 12.6 Å². The average molecular weight is 331 g/mol. The van der Waals surface area contributed by atoms with Gasteiger partial charge in [0.15, 0.2) is 0 Å². The summed E-state index contributed by atoms with van der Waals surface area (Å²) in [5, 5.41) is 3.40. The molecule has 3 rings (SSSR count). The standard InChI is InChI=1S/C16H15ClN4O2/c17-11-7-5-10(6-8-11)15-12-3-1-2-4-13(12)19-16(23)21(15)9-14(22)20-18/h1-8,15H,9,18H2,(H,19,23)(H,20,22)/t15-/m1/s1. The molecule has 0 radical (unpaired) electrons. The van der Waals surface area contributed by atoms with E-state index in [0.717, 1.165) is 16.8 Å². The average Bonchev–Trinajstić information content (AvgIpc) is 2.56. The zero-order valence-electron chi connectivity index (χ0n) is 12.1. The van der Waals surface area contributed by atoms with Gasteiger partial charge < -0.3 is 10.2 Å². The van der Waals surface area contributed by atoms with Crippen LogP contribution in [0.25, 0.3) is 0 Å². The summed E-state index contributed by atoms with van der Waals surface area (Å²) in [7, 11) is 0. The van der Waals surface area contributed by atoms with Crippen molar-refractivity contribution in [1.82, 2.24) is 10.3 Å². The molecule has 7 heteroatoms. The van der Waals surface area contributed by atoms with E-state index in [4.69, 9.17) is 17.4 Å². The number of rotatable bonds is 3. The minimum atomic E-state index is -0.446. The number of nitrogens with zero attached hydrogens (tertiary/aromatic N) is 1. The molecule has 0 saturated heterocycles. The van der Waals surface area contributed by atoms with E-state index in [2.05, 4.69) is 10.7 Å². The van der Waals surface area contributed by atoms with Gasteiger partial charge in [-0.1, -0.05) is 41.9 Å². The second-order valence-corrected chi connectivity index (χ2v) is 5.60. The molecule has 0 aliphatic carbocycles. The zero-order chi connectivity index (χ0) is 16.4. The maximum atomic E-state index is 12.4. The van der Waals surface area contributed by atoms with Crippen LogP contribution in [0.15, 0.2) is 48.5 Å². The Hall–Kier alpha value is -2.57. The predicted octanol–water partition coefficient (Wildman–Crippen LogP) is 2.27. The van der Waals surface area contributed by atoms with Crippen LogP contribution in [0.3, 0.4) is 0 Å². The van der Waals surface area contributed by atoms with Gasteiger partial charge >= 0.3 is 6.03 Å². The van der Waals surface area contributed by atoms with Crippen LogP contribution in [0.4, 0.5) is 10.5 Å². The number of anilines is 1. The van der Waals surface area contributed by atoms with Gasteiger partial charge in [0, 0.05) is 16.3 Å². The fraction of sp³-hybridized carbons (Fsp3) is 0.125. The van der Waals surface area contributed by atoms with Crippen LogP contribution in [0.5, 0.6) is 0 Å². The molecule has 2 aromatic carbocycles. The molecule has 0 saturated carbocycles. The Morgan fingerprint density at radius 2 is 1.91 bits per heavy atom. The molecule has 4 N–H and O–H groups in total. The quantitative estimate of drug-likeness (QED) is 0.458. The summed E-state index contributed by atoms with van der Waals surface area (Å²) in [5.41, 5.74) is 4.54. The number of para-hydroxylation sites is 1. The topological polar surface area (TPSA) is 87.5 Å². The highest BCUT2D eigenvalue weighted by atomic mass is 35.5. The van der Waals surface area contributed by atoms with Crippen LogP contribution in [0.1, 0.15) is 17.2 Å². The molecule has 1 aliphatic rings. The van der Waals surface area contributed by atoms with E-state index in [0.29, 0.717) is 5.02 Å². The van der Waals surface area contributed by atoms with Gasteiger partial charge in [-0.15, -0.1) is 0 Å². The molecule has 1 heterocycles. The number of nitrogens with one attached hydrogen (secondary N) is 2. The van der Waals surface area contributed by atoms with Crippen molar-refractivity contribution in [2.24, 2.45) is 5.84 Å². The van der Waals surface area contributed by atoms with Crippen molar-refractivity contribution in [3.8, 4) is 0 Å². The van der Waals surface area contributed by atoms with Crippen molar-refractivity contribution in [3.05, 3.63) is 64.7 Å². The monoisotopic (exact) mass is 330 g/mol. The van der Waals surface area contributed by atoms with E-state index < -0.39 is 11.9 Å². The third kappa shape index (κ3) is 2.99. The molecular formula is C16H15ClN4O2. The Kier molecular flexibility index (Phi) is 4.18. The Bertz CT molecular complexity index is 748. The SMILES string of the molecule is NNC(=O)CN1C(=O)Nc2ccccc2[C@H]1c1ccc(Cl)cc1. The first-order valence-electron chi connectivity index (χ1n) is 7.01. The van der Waals surface area contributed by atoms with Crippen molar-refractivity contribution < 1.29 is 9.59 Å². The second-order valence-electron chi connectivity index (χ2n) is 5.17. The van der Waals surface area contributed by atoms with Crippen LogP contribution < -0.4 is 16.6 Å². The van der Waals surface area contributed by atoms with Crippen molar-refractivity contribution >= 4 is 29.2 Å². The number of fused-ring (bicyclic) bond motifs is 1.